The highest BCUT2D eigenvalue weighted by molar-refractivity contribution is 5.79. The number of carbonyl (C=O) groups is 1. The molecule has 0 unspecified atom stereocenters. The van der Waals surface area contributed by atoms with E-state index in [1.54, 1.807) is 6.07 Å². The highest BCUT2D eigenvalue weighted by Gasteiger charge is 2.37. The molecule has 1 aromatic carbocycles. The first-order valence-corrected chi connectivity index (χ1v) is 5.58. The van der Waals surface area contributed by atoms with Gasteiger partial charge in [-0.05, 0) is 17.2 Å². The Morgan fingerprint density at radius 2 is 2.11 bits per heavy atom. The molecule has 0 spiro atoms. The molecule has 0 bridgehead atoms. The molecule has 0 aromatic heterocycles. The Kier molecular flexibility index (Phi) is 3.30. The summed E-state index contributed by atoms with van der Waals surface area (Å²) in [5.41, 5.74) is 5.26. The zero-order valence-electron chi connectivity index (χ0n) is 9.55. The number of halogens is 3. The zero-order valence-corrected chi connectivity index (χ0v) is 9.55. The van der Waals surface area contributed by atoms with Crippen LogP contribution in [0, 0.1) is 0 Å². The second-order valence-electron chi connectivity index (χ2n) is 4.33. The van der Waals surface area contributed by atoms with Crippen LogP contribution < -0.4 is 11.1 Å². The van der Waals surface area contributed by atoms with Crippen LogP contribution >= 0.6 is 0 Å². The van der Waals surface area contributed by atoms with Gasteiger partial charge in [-0.2, -0.15) is 13.2 Å². The van der Waals surface area contributed by atoms with Crippen molar-refractivity contribution in [3.8, 4) is 0 Å². The fourth-order valence-electron chi connectivity index (χ4n) is 2.16. The summed E-state index contributed by atoms with van der Waals surface area (Å²) in [4.78, 5) is 11.1. The highest BCUT2D eigenvalue weighted by atomic mass is 19.4. The Morgan fingerprint density at radius 1 is 1.39 bits per heavy atom. The molecule has 18 heavy (non-hydrogen) atoms. The molecule has 1 aliphatic heterocycles. The van der Waals surface area contributed by atoms with Gasteiger partial charge in [-0.15, -0.1) is 0 Å². The summed E-state index contributed by atoms with van der Waals surface area (Å²) >= 11 is 0. The second-order valence-corrected chi connectivity index (χ2v) is 4.33. The molecule has 1 heterocycles. The topological polar surface area (TPSA) is 55.1 Å². The van der Waals surface area contributed by atoms with Crippen LogP contribution in [0.1, 0.15) is 29.0 Å². The van der Waals surface area contributed by atoms with Gasteiger partial charge in [0.1, 0.15) is 0 Å². The van der Waals surface area contributed by atoms with Crippen LogP contribution in [0.3, 0.4) is 0 Å². The minimum atomic E-state index is -4.42. The van der Waals surface area contributed by atoms with Crippen molar-refractivity contribution in [3.05, 3.63) is 34.9 Å². The maximum Gasteiger partial charge on any atom is 0.416 e. The van der Waals surface area contributed by atoms with Crippen LogP contribution in [0.2, 0.25) is 0 Å². The Bertz CT molecular complexity index is 471. The van der Waals surface area contributed by atoms with E-state index in [4.69, 9.17) is 5.73 Å². The number of benzene rings is 1. The van der Waals surface area contributed by atoms with E-state index in [2.05, 4.69) is 5.32 Å². The number of carbonyl (C=O) groups excluding carboxylic acids is 1. The summed E-state index contributed by atoms with van der Waals surface area (Å²) in [5.74, 6) is -0.628. The van der Waals surface area contributed by atoms with Crippen molar-refractivity contribution in [2.24, 2.45) is 5.73 Å². The monoisotopic (exact) mass is 258 g/mol. The smallest absolute Gasteiger partial charge is 0.355 e. The summed E-state index contributed by atoms with van der Waals surface area (Å²) in [7, 11) is 0. The van der Waals surface area contributed by atoms with Crippen LogP contribution in [0.4, 0.5) is 13.2 Å². The Balaban J connectivity index is 2.43. The van der Waals surface area contributed by atoms with Gasteiger partial charge in [-0.3, -0.25) is 4.79 Å². The number of nitrogens with two attached hydrogens (primary N) is 1. The van der Waals surface area contributed by atoms with Crippen molar-refractivity contribution in [1.82, 2.24) is 5.32 Å². The lowest BCUT2D eigenvalue weighted by atomic mass is 9.91. The maximum atomic E-state index is 13.0. The highest BCUT2D eigenvalue weighted by Crippen LogP contribution is 2.37. The first-order valence-electron chi connectivity index (χ1n) is 5.58. The van der Waals surface area contributed by atoms with Crippen molar-refractivity contribution in [1.29, 1.82) is 0 Å². The van der Waals surface area contributed by atoms with Crippen molar-refractivity contribution in [2.45, 2.75) is 25.1 Å². The van der Waals surface area contributed by atoms with Gasteiger partial charge in [-0.1, -0.05) is 12.1 Å². The molecule has 1 atom stereocenters. The van der Waals surface area contributed by atoms with Crippen LogP contribution in [-0.4, -0.2) is 12.5 Å². The standard InChI is InChI=1S/C12H13F3N2O/c13-12(14,15)10-3-7(5-16)1-2-9(10)8-4-11(18)17-6-8/h1-3,8H,4-6,16H2,(H,17,18)/t8-/m1/s1. The van der Waals surface area contributed by atoms with Gasteiger partial charge in [-0.25, -0.2) is 0 Å². The molecule has 0 aliphatic carbocycles. The van der Waals surface area contributed by atoms with Crippen LogP contribution in [0.15, 0.2) is 18.2 Å². The fraction of sp³-hybridized carbons (Fsp3) is 0.417. The number of hydrogen-bond donors (Lipinski definition) is 2. The van der Waals surface area contributed by atoms with Crippen molar-refractivity contribution < 1.29 is 18.0 Å². The molecule has 1 aromatic rings. The lowest BCUT2D eigenvalue weighted by molar-refractivity contribution is -0.138. The molecule has 3 nitrogen and oxygen atoms in total. The summed E-state index contributed by atoms with van der Waals surface area (Å²) in [6, 6.07) is 4.07. The van der Waals surface area contributed by atoms with Gasteiger partial charge in [0, 0.05) is 25.4 Å². The third-order valence-electron chi connectivity index (χ3n) is 3.08. The summed E-state index contributed by atoms with van der Waals surface area (Å²) in [6.07, 6.45) is -4.32. The van der Waals surface area contributed by atoms with E-state index >= 15 is 0 Å². The van der Waals surface area contributed by atoms with E-state index in [-0.39, 0.29) is 31.0 Å². The molecular formula is C12H13F3N2O. The summed E-state index contributed by atoms with van der Waals surface area (Å²) in [6.45, 7) is 0.315. The third-order valence-corrected chi connectivity index (χ3v) is 3.08. The van der Waals surface area contributed by atoms with E-state index in [0.717, 1.165) is 6.07 Å². The minimum absolute atomic E-state index is 0.0607. The van der Waals surface area contributed by atoms with Crippen molar-refractivity contribution in [2.75, 3.05) is 6.54 Å². The van der Waals surface area contributed by atoms with Gasteiger partial charge in [0.25, 0.3) is 0 Å². The van der Waals surface area contributed by atoms with Crippen LogP contribution in [0.5, 0.6) is 0 Å². The lowest BCUT2D eigenvalue weighted by Crippen LogP contribution is -2.16. The summed E-state index contributed by atoms with van der Waals surface area (Å²) in [5, 5.41) is 2.54. The average Bonchev–Trinajstić information content (AvgIpc) is 2.74. The van der Waals surface area contributed by atoms with E-state index in [1.807, 2.05) is 0 Å². The van der Waals surface area contributed by atoms with E-state index in [1.165, 1.54) is 6.07 Å². The number of hydrogen-bond acceptors (Lipinski definition) is 2. The van der Waals surface area contributed by atoms with E-state index in [9.17, 15) is 18.0 Å². The molecule has 0 radical (unpaired) electrons. The molecule has 1 aliphatic rings. The molecule has 1 fully saturated rings. The first kappa shape index (κ1) is 12.9. The van der Waals surface area contributed by atoms with E-state index < -0.39 is 17.7 Å². The summed E-state index contributed by atoms with van der Waals surface area (Å²) < 4.78 is 38.9. The molecule has 3 N–H and O–H groups in total. The van der Waals surface area contributed by atoms with Crippen LogP contribution in [0.25, 0.3) is 0 Å². The molecular weight excluding hydrogens is 245 g/mol. The second kappa shape index (κ2) is 4.61. The lowest BCUT2D eigenvalue weighted by Gasteiger charge is -2.17. The molecule has 6 heteroatoms. The van der Waals surface area contributed by atoms with Crippen molar-refractivity contribution in [3.63, 3.8) is 0 Å². The van der Waals surface area contributed by atoms with Gasteiger partial charge < -0.3 is 11.1 Å². The average molecular weight is 258 g/mol. The third kappa shape index (κ3) is 2.48. The fourth-order valence-corrected chi connectivity index (χ4v) is 2.16. The number of rotatable bonds is 2. The maximum absolute atomic E-state index is 13.0. The van der Waals surface area contributed by atoms with Crippen LogP contribution in [-0.2, 0) is 17.5 Å². The predicted octanol–water partition coefficient (Wildman–Crippen LogP) is 1.77. The normalized spacial score (nSPS) is 20.0. The van der Waals surface area contributed by atoms with Gasteiger partial charge in [0.05, 0.1) is 5.56 Å². The molecule has 0 saturated carbocycles. The van der Waals surface area contributed by atoms with Gasteiger partial charge >= 0.3 is 6.18 Å². The molecule has 1 amide bonds. The largest absolute Gasteiger partial charge is 0.416 e. The van der Waals surface area contributed by atoms with Gasteiger partial charge in [0.15, 0.2) is 0 Å². The molecule has 98 valence electrons. The quantitative estimate of drug-likeness (QED) is 0.849. The minimum Gasteiger partial charge on any atom is -0.355 e. The number of amides is 1. The number of nitrogens with one attached hydrogen (secondary N) is 1. The first-order chi connectivity index (χ1) is 8.41. The molecule has 2 rings (SSSR count). The Hall–Kier alpha value is -1.56. The number of alkyl halides is 3. The van der Waals surface area contributed by atoms with E-state index in [0.29, 0.717) is 5.56 Å². The van der Waals surface area contributed by atoms with Crippen molar-refractivity contribution >= 4 is 5.91 Å². The van der Waals surface area contributed by atoms with Gasteiger partial charge in [0.2, 0.25) is 5.91 Å². The Labute approximate surface area is 102 Å². The zero-order chi connectivity index (χ0) is 13.3. The Morgan fingerprint density at radius 3 is 2.61 bits per heavy atom. The molecule has 1 saturated heterocycles. The predicted molar refractivity (Wildman–Crippen MR) is 59.7 cm³/mol. The SMILES string of the molecule is NCc1ccc([C@H]2CNC(=O)C2)c(C(F)(F)F)c1.